The zero-order chi connectivity index (χ0) is 21.5. The molecule has 3 aromatic carbocycles. The van der Waals surface area contributed by atoms with Crippen molar-refractivity contribution in [2.75, 3.05) is 14.2 Å². The van der Waals surface area contributed by atoms with Crippen LogP contribution in [-0.2, 0) is 0 Å². The van der Waals surface area contributed by atoms with E-state index in [0.29, 0.717) is 44.4 Å². The largest absolute Gasteiger partial charge is 0.495 e. The van der Waals surface area contributed by atoms with E-state index < -0.39 is 0 Å². The molecule has 2 heterocycles. The van der Waals surface area contributed by atoms with Crippen molar-refractivity contribution in [2.45, 2.75) is 0 Å². The summed E-state index contributed by atoms with van der Waals surface area (Å²) in [7, 11) is 3.15. The van der Waals surface area contributed by atoms with Crippen molar-refractivity contribution in [1.29, 1.82) is 0 Å². The number of aromatic nitrogens is 4. The number of benzene rings is 3. The number of rotatable bonds is 4. The molecule has 0 fully saturated rings. The Kier molecular flexibility index (Phi) is 4.88. The van der Waals surface area contributed by atoms with E-state index in [-0.39, 0.29) is 0 Å². The van der Waals surface area contributed by atoms with Gasteiger partial charge < -0.3 is 9.47 Å². The molecule has 0 unspecified atom stereocenters. The lowest BCUT2D eigenvalue weighted by molar-refractivity contribution is 0.393. The van der Waals surface area contributed by atoms with E-state index in [0.717, 1.165) is 16.6 Å². The van der Waals surface area contributed by atoms with E-state index in [1.54, 1.807) is 26.4 Å². The van der Waals surface area contributed by atoms with Crippen LogP contribution in [0.15, 0.2) is 60.7 Å². The topological polar surface area (TPSA) is 62.1 Å². The third-order valence-corrected chi connectivity index (χ3v) is 5.48. The SMILES string of the molecule is COc1cc(OC)c(-n2c(-c3cccc(Cl)c3)nc3nc4ccccc4nc32)cc1Cl. The molecular weight excluding hydrogens is 435 g/mol. The molecule has 0 amide bonds. The Labute approximate surface area is 188 Å². The maximum absolute atomic E-state index is 6.47. The summed E-state index contributed by atoms with van der Waals surface area (Å²) < 4.78 is 12.9. The van der Waals surface area contributed by atoms with Crippen molar-refractivity contribution in [1.82, 2.24) is 19.5 Å². The number of methoxy groups -OCH3 is 2. The third kappa shape index (κ3) is 3.34. The van der Waals surface area contributed by atoms with Gasteiger partial charge in [-0.1, -0.05) is 47.5 Å². The van der Waals surface area contributed by atoms with E-state index in [1.165, 1.54) is 0 Å². The Hall–Kier alpha value is -3.35. The van der Waals surface area contributed by atoms with Crippen molar-refractivity contribution in [2.24, 2.45) is 0 Å². The molecule has 0 aliphatic rings. The van der Waals surface area contributed by atoms with Crippen LogP contribution < -0.4 is 9.47 Å². The van der Waals surface area contributed by atoms with Gasteiger partial charge in [-0.3, -0.25) is 4.57 Å². The summed E-state index contributed by atoms with van der Waals surface area (Å²) in [5.41, 5.74) is 4.07. The highest BCUT2D eigenvalue weighted by atomic mass is 35.5. The second-order valence-corrected chi connectivity index (χ2v) is 7.64. The molecule has 8 heteroatoms. The second-order valence-electron chi connectivity index (χ2n) is 6.80. The number of hydrogen-bond acceptors (Lipinski definition) is 5. The fraction of sp³-hybridized carbons (Fsp3) is 0.0870. The lowest BCUT2D eigenvalue weighted by Gasteiger charge is -2.15. The zero-order valence-electron chi connectivity index (χ0n) is 16.6. The maximum atomic E-state index is 6.47. The number of fused-ring (bicyclic) bond motifs is 2. The van der Waals surface area contributed by atoms with Gasteiger partial charge in [-0.25, -0.2) is 15.0 Å². The molecule has 0 saturated heterocycles. The molecule has 154 valence electrons. The summed E-state index contributed by atoms with van der Waals surface area (Å²) in [6.45, 7) is 0. The fourth-order valence-corrected chi connectivity index (χ4v) is 3.95. The van der Waals surface area contributed by atoms with Gasteiger partial charge in [0.25, 0.3) is 0 Å². The Balaban J connectivity index is 1.90. The van der Waals surface area contributed by atoms with Gasteiger partial charge in [-0.2, -0.15) is 0 Å². The monoisotopic (exact) mass is 450 g/mol. The standard InChI is InChI=1S/C23H16Cl2N4O2/c1-30-19-12-20(31-2)18(11-15(19)25)29-22(13-6-5-7-14(24)10-13)28-21-23(29)27-17-9-4-3-8-16(17)26-21/h3-12H,1-2H3. The lowest BCUT2D eigenvalue weighted by Crippen LogP contribution is -2.03. The summed E-state index contributed by atoms with van der Waals surface area (Å²) in [6.07, 6.45) is 0. The van der Waals surface area contributed by atoms with Crippen LogP contribution >= 0.6 is 23.2 Å². The smallest absolute Gasteiger partial charge is 0.199 e. The van der Waals surface area contributed by atoms with E-state index >= 15 is 0 Å². The molecule has 5 rings (SSSR count). The predicted molar refractivity (Wildman–Crippen MR) is 123 cm³/mol. The Morgan fingerprint density at radius 1 is 0.774 bits per heavy atom. The van der Waals surface area contributed by atoms with Gasteiger partial charge >= 0.3 is 0 Å². The minimum atomic E-state index is 0.436. The van der Waals surface area contributed by atoms with Gasteiger partial charge in [0, 0.05) is 16.7 Å². The molecule has 0 atom stereocenters. The van der Waals surface area contributed by atoms with E-state index in [1.807, 2.05) is 53.1 Å². The molecule has 0 aliphatic heterocycles. The summed E-state index contributed by atoms with van der Waals surface area (Å²) >= 11 is 12.7. The first kappa shape index (κ1) is 19.6. The second kappa shape index (κ2) is 7.72. The minimum Gasteiger partial charge on any atom is -0.495 e. The number of hydrogen-bond donors (Lipinski definition) is 0. The normalized spacial score (nSPS) is 11.2. The molecule has 0 bridgehead atoms. The Morgan fingerprint density at radius 3 is 2.23 bits per heavy atom. The van der Waals surface area contributed by atoms with Gasteiger partial charge in [-0.05, 0) is 30.3 Å². The minimum absolute atomic E-state index is 0.436. The summed E-state index contributed by atoms with van der Waals surface area (Å²) in [4.78, 5) is 14.4. The number of nitrogens with zero attached hydrogens (tertiary/aromatic N) is 4. The number of imidazole rings is 1. The van der Waals surface area contributed by atoms with Crippen LogP contribution in [0.25, 0.3) is 39.4 Å². The molecule has 0 N–H and O–H groups in total. The molecular formula is C23H16Cl2N4O2. The van der Waals surface area contributed by atoms with Gasteiger partial charge in [-0.15, -0.1) is 0 Å². The van der Waals surface area contributed by atoms with Crippen LogP contribution in [0.3, 0.4) is 0 Å². The van der Waals surface area contributed by atoms with Gasteiger partial charge in [0.2, 0.25) is 0 Å². The molecule has 0 saturated carbocycles. The zero-order valence-corrected chi connectivity index (χ0v) is 18.1. The third-order valence-electron chi connectivity index (χ3n) is 4.95. The molecule has 0 spiro atoms. The molecule has 6 nitrogen and oxygen atoms in total. The Morgan fingerprint density at radius 2 is 1.52 bits per heavy atom. The summed E-state index contributed by atoms with van der Waals surface area (Å²) in [6, 6.07) is 18.6. The first-order valence-electron chi connectivity index (χ1n) is 9.42. The first-order valence-corrected chi connectivity index (χ1v) is 10.2. The van der Waals surface area contributed by atoms with Crippen LogP contribution in [0, 0.1) is 0 Å². The molecule has 0 aliphatic carbocycles. The highest BCUT2D eigenvalue weighted by Crippen LogP contribution is 2.38. The van der Waals surface area contributed by atoms with E-state index in [2.05, 4.69) is 0 Å². The lowest BCUT2D eigenvalue weighted by atomic mass is 10.2. The highest BCUT2D eigenvalue weighted by molar-refractivity contribution is 6.32. The van der Waals surface area contributed by atoms with Crippen molar-refractivity contribution in [3.8, 4) is 28.6 Å². The molecule has 5 aromatic rings. The predicted octanol–water partition coefficient (Wildman–Crippen LogP) is 5.96. The van der Waals surface area contributed by atoms with Gasteiger partial charge in [0.15, 0.2) is 11.3 Å². The average molecular weight is 451 g/mol. The number of ether oxygens (including phenoxy) is 2. The van der Waals surface area contributed by atoms with Gasteiger partial charge in [0.05, 0.1) is 36.0 Å². The van der Waals surface area contributed by atoms with Crippen LogP contribution in [0.4, 0.5) is 0 Å². The maximum Gasteiger partial charge on any atom is 0.199 e. The summed E-state index contributed by atoms with van der Waals surface area (Å²) in [5, 5.41) is 1.04. The van der Waals surface area contributed by atoms with Crippen molar-refractivity contribution in [3.05, 3.63) is 70.7 Å². The molecule has 0 radical (unpaired) electrons. The van der Waals surface area contributed by atoms with E-state index in [4.69, 9.17) is 47.6 Å². The first-order chi connectivity index (χ1) is 15.1. The highest BCUT2D eigenvalue weighted by Gasteiger charge is 2.22. The number of halogens is 2. The van der Waals surface area contributed by atoms with Crippen LogP contribution in [0.2, 0.25) is 10.0 Å². The summed E-state index contributed by atoms with van der Waals surface area (Å²) in [5.74, 6) is 1.68. The van der Waals surface area contributed by atoms with Crippen molar-refractivity contribution in [3.63, 3.8) is 0 Å². The Bertz CT molecular complexity index is 1450. The van der Waals surface area contributed by atoms with Crippen LogP contribution in [-0.4, -0.2) is 33.7 Å². The van der Waals surface area contributed by atoms with Crippen molar-refractivity contribution >= 4 is 45.5 Å². The average Bonchev–Trinajstić information content (AvgIpc) is 3.15. The van der Waals surface area contributed by atoms with Crippen LogP contribution in [0.1, 0.15) is 0 Å². The van der Waals surface area contributed by atoms with Crippen LogP contribution in [0.5, 0.6) is 11.5 Å². The number of para-hydroxylation sites is 2. The van der Waals surface area contributed by atoms with Crippen molar-refractivity contribution < 1.29 is 9.47 Å². The quantitative estimate of drug-likeness (QED) is 0.338. The van der Waals surface area contributed by atoms with Gasteiger partial charge in [0.1, 0.15) is 17.3 Å². The fourth-order valence-electron chi connectivity index (χ4n) is 3.53. The molecule has 2 aromatic heterocycles. The van der Waals surface area contributed by atoms with E-state index in [9.17, 15) is 0 Å². The molecule has 31 heavy (non-hydrogen) atoms.